The molecule has 0 aliphatic rings. The van der Waals surface area contributed by atoms with Gasteiger partial charge in [-0.3, -0.25) is 9.59 Å². The number of amides is 2. The molecule has 0 saturated heterocycles. The molecule has 5 nitrogen and oxygen atoms in total. The van der Waals surface area contributed by atoms with Gasteiger partial charge in [0.1, 0.15) is 0 Å². The molecule has 0 aliphatic heterocycles. The molecule has 0 unspecified atom stereocenters. The molecule has 2 amide bonds. The second-order valence-corrected chi connectivity index (χ2v) is 7.25. The Kier molecular flexibility index (Phi) is 35.1. The summed E-state index contributed by atoms with van der Waals surface area (Å²) in [6.45, 7) is 21.1. The fourth-order valence-electron chi connectivity index (χ4n) is 2.15. The van der Waals surface area contributed by atoms with E-state index in [0.717, 1.165) is 33.8 Å². The van der Waals surface area contributed by atoms with Gasteiger partial charge in [0, 0.05) is 18.0 Å². The summed E-state index contributed by atoms with van der Waals surface area (Å²) in [5.74, 6) is 0.846. The third-order valence-corrected chi connectivity index (χ3v) is 4.56. The van der Waals surface area contributed by atoms with Crippen LogP contribution in [0.15, 0.2) is 52.9 Å². The molecule has 0 atom stereocenters. The van der Waals surface area contributed by atoms with Crippen LogP contribution in [0, 0.1) is 0 Å². The van der Waals surface area contributed by atoms with E-state index in [9.17, 15) is 4.79 Å². The minimum Gasteiger partial charge on any atom is -0.372 e. The SMILES string of the molecule is CC.CC.CC.CCC.CNCCSC(C(=O)Nc1ccc2ccccc2c1)=C(C)C.NC=O. The maximum absolute atomic E-state index is 12.5. The second kappa shape index (κ2) is 30.7. The smallest absolute Gasteiger partial charge is 0.261 e. The molecule has 0 fully saturated rings. The number of nitrogens with two attached hydrogens (primary N) is 1. The van der Waals surface area contributed by atoms with Gasteiger partial charge in [0.15, 0.2) is 0 Å². The van der Waals surface area contributed by atoms with Gasteiger partial charge in [-0.05, 0) is 43.8 Å². The molecule has 2 aromatic carbocycles. The largest absolute Gasteiger partial charge is 0.372 e. The summed E-state index contributed by atoms with van der Waals surface area (Å²) in [6, 6.07) is 14.1. The number of allylic oxidation sites excluding steroid dienone is 1. The number of nitrogens with one attached hydrogen (secondary N) is 2. The lowest BCUT2D eigenvalue weighted by atomic mass is 10.1. The maximum atomic E-state index is 12.5. The van der Waals surface area contributed by atoms with Crippen LogP contribution in [-0.2, 0) is 9.59 Å². The van der Waals surface area contributed by atoms with Crippen LogP contribution in [0.25, 0.3) is 10.8 Å². The number of primary amides is 1. The standard InChI is InChI=1S/C18H22N2OS.C3H8.3C2H6.CH3NO/c1-13(2)17(22-11-10-19-3)18(21)20-16-9-8-14-6-4-5-7-15(14)12-16;1-3-2;3*1-2;2-1-3/h4-9,12,19H,10-11H2,1-3H3,(H,20,21);3H2,1-2H3;3*1-2H3;1H,(H2,2,3). The van der Waals surface area contributed by atoms with Gasteiger partial charge in [-0.15, -0.1) is 11.8 Å². The topological polar surface area (TPSA) is 84.2 Å². The Morgan fingerprint density at radius 1 is 0.941 bits per heavy atom. The Bertz CT molecular complexity index is 758. The van der Waals surface area contributed by atoms with Gasteiger partial charge in [0.2, 0.25) is 6.41 Å². The number of rotatable bonds is 6. The molecule has 196 valence electrons. The molecule has 0 aliphatic carbocycles. The van der Waals surface area contributed by atoms with Crippen molar-refractivity contribution in [2.45, 2.75) is 75.7 Å². The Balaban J connectivity index is -0.000000321. The third-order valence-electron chi connectivity index (χ3n) is 3.27. The van der Waals surface area contributed by atoms with Gasteiger partial charge in [-0.1, -0.05) is 97.7 Å². The van der Waals surface area contributed by atoms with Crippen molar-refractivity contribution in [1.82, 2.24) is 5.32 Å². The molecule has 4 N–H and O–H groups in total. The molecule has 0 radical (unpaired) electrons. The highest BCUT2D eigenvalue weighted by Crippen LogP contribution is 2.23. The predicted octanol–water partition coefficient (Wildman–Crippen LogP) is 7.62. The molecule has 2 aromatic rings. The van der Waals surface area contributed by atoms with Crippen LogP contribution in [0.3, 0.4) is 0 Å². The summed E-state index contributed by atoms with van der Waals surface area (Å²) in [5.41, 5.74) is 6.04. The Morgan fingerprint density at radius 2 is 1.41 bits per heavy atom. The van der Waals surface area contributed by atoms with Crippen molar-refractivity contribution in [3.63, 3.8) is 0 Å². The van der Waals surface area contributed by atoms with Crippen LogP contribution in [-0.4, -0.2) is 31.7 Å². The van der Waals surface area contributed by atoms with Crippen LogP contribution in [0.5, 0.6) is 0 Å². The summed E-state index contributed by atoms with van der Waals surface area (Å²) in [7, 11) is 1.91. The highest BCUT2D eigenvalue weighted by molar-refractivity contribution is 8.04. The predicted molar refractivity (Wildman–Crippen MR) is 158 cm³/mol. The minimum atomic E-state index is -0.0311. The van der Waals surface area contributed by atoms with Gasteiger partial charge >= 0.3 is 0 Å². The normalized spacial score (nSPS) is 8.21. The van der Waals surface area contributed by atoms with Crippen molar-refractivity contribution in [2.24, 2.45) is 5.73 Å². The van der Waals surface area contributed by atoms with Crippen LogP contribution in [0.4, 0.5) is 5.69 Å². The van der Waals surface area contributed by atoms with Gasteiger partial charge in [0.05, 0.1) is 4.91 Å². The molecule has 0 bridgehead atoms. The lowest BCUT2D eigenvalue weighted by Crippen LogP contribution is -2.16. The summed E-state index contributed by atoms with van der Waals surface area (Å²) < 4.78 is 0. The quantitative estimate of drug-likeness (QED) is 0.219. The molecule has 2 rings (SSSR count). The zero-order chi connectivity index (χ0) is 27.4. The van der Waals surface area contributed by atoms with Gasteiger partial charge in [-0.25, -0.2) is 0 Å². The molecule has 0 heterocycles. The van der Waals surface area contributed by atoms with E-state index in [0.29, 0.717) is 0 Å². The number of carbonyl (C=O) groups excluding carboxylic acids is 2. The minimum absolute atomic E-state index is 0.0311. The number of thioether (sulfide) groups is 1. The van der Waals surface area contributed by atoms with Gasteiger partial charge < -0.3 is 16.4 Å². The molecule has 0 saturated carbocycles. The van der Waals surface area contributed by atoms with E-state index in [-0.39, 0.29) is 12.3 Å². The number of hydrogen-bond donors (Lipinski definition) is 3. The second-order valence-electron chi connectivity index (χ2n) is 6.14. The Hall–Kier alpha value is -2.31. The van der Waals surface area contributed by atoms with Crippen molar-refractivity contribution in [1.29, 1.82) is 0 Å². The maximum Gasteiger partial charge on any atom is 0.261 e. The number of carbonyl (C=O) groups is 2. The summed E-state index contributed by atoms with van der Waals surface area (Å²) >= 11 is 1.59. The van der Waals surface area contributed by atoms with E-state index in [1.807, 2.05) is 92.8 Å². The molecular formula is C28H51N3O2S. The van der Waals surface area contributed by atoms with Crippen molar-refractivity contribution < 1.29 is 9.59 Å². The first kappa shape index (κ1) is 38.9. The third kappa shape index (κ3) is 20.3. The highest BCUT2D eigenvalue weighted by Gasteiger charge is 2.12. The molecule has 0 aromatic heterocycles. The number of anilines is 1. The van der Waals surface area contributed by atoms with Crippen LogP contribution >= 0.6 is 11.8 Å². The lowest BCUT2D eigenvalue weighted by molar-refractivity contribution is -0.112. The van der Waals surface area contributed by atoms with E-state index in [4.69, 9.17) is 4.79 Å². The lowest BCUT2D eigenvalue weighted by Gasteiger charge is -2.11. The van der Waals surface area contributed by atoms with Crippen molar-refractivity contribution in [3.05, 3.63) is 52.9 Å². The first-order valence-corrected chi connectivity index (χ1v) is 13.3. The Labute approximate surface area is 214 Å². The zero-order valence-electron chi connectivity index (χ0n) is 23.5. The van der Waals surface area contributed by atoms with Crippen molar-refractivity contribution in [2.75, 3.05) is 24.7 Å². The average Bonchev–Trinajstić information content (AvgIpc) is 2.86. The Morgan fingerprint density at radius 3 is 1.85 bits per heavy atom. The van der Waals surface area contributed by atoms with Crippen LogP contribution in [0.2, 0.25) is 0 Å². The molecular weight excluding hydrogens is 442 g/mol. The summed E-state index contributed by atoms with van der Waals surface area (Å²) in [6.07, 6.45) is 1.50. The summed E-state index contributed by atoms with van der Waals surface area (Å²) in [4.78, 5) is 21.9. The fraction of sp³-hybridized carbons (Fsp3) is 0.500. The van der Waals surface area contributed by atoms with E-state index in [2.05, 4.69) is 42.3 Å². The molecule has 6 heteroatoms. The van der Waals surface area contributed by atoms with Crippen molar-refractivity contribution >= 4 is 40.5 Å². The fourth-order valence-corrected chi connectivity index (χ4v) is 3.13. The first-order valence-electron chi connectivity index (χ1n) is 12.3. The monoisotopic (exact) mass is 493 g/mol. The first-order chi connectivity index (χ1) is 16.4. The van der Waals surface area contributed by atoms with Crippen LogP contribution in [0.1, 0.15) is 75.7 Å². The number of fused-ring (bicyclic) bond motifs is 1. The average molecular weight is 494 g/mol. The highest BCUT2D eigenvalue weighted by atomic mass is 32.2. The van der Waals surface area contributed by atoms with Gasteiger partial charge in [0.25, 0.3) is 5.91 Å². The van der Waals surface area contributed by atoms with E-state index in [1.54, 1.807) is 11.8 Å². The number of benzene rings is 2. The summed E-state index contributed by atoms with van der Waals surface area (Å²) in [5, 5.41) is 8.40. The van der Waals surface area contributed by atoms with E-state index < -0.39 is 0 Å². The molecule has 34 heavy (non-hydrogen) atoms. The van der Waals surface area contributed by atoms with Gasteiger partial charge in [-0.2, -0.15) is 0 Å². The van der Waals surface area contributed by atoms with E-state index in [1.165, 1.54) is 11.8 Å². The number of hydrogen-bond acceptors (Lipinski definition) is 4. The van der Waals surface area contributed by atoms with Crippen LogP contribution < -0.4 is 16.4 Å². The van der Waals surface area contributed by atoms with Crippen molar-refractivity contribution in [3.8, 4) is 0 Å². The molecule has 0 spiro atoms. The zero-order valence-corrected chi connectivity index (χ0v) is 24.4. The van der Waals surface area contributed by atoms with E-state index >= 15 is 0 Å².